The van der Waals surface area contributed by atoms with Crippen LogP contribution in [0, 0.1) is 13.8 Å². The van der Waals surface area contributed by atoms with Crippen LogP contribution in [0.1, 0.15) is 48.5 Å². The van der Waals surface area contributed by atoms with Crippen LogP contribution in [0.5, 0.6) is 11.5 Å². The molecule has 0 unspecified atom stereocenters. The van der Waals surface area contributed by atoms with Crippen LogP contribution in [0.3, 0.4) is 0 Å². The number of carbonyl (C=O) groups excluding carboxylic acids is 3. The Labute approximate surface area is 242 Å². The molecule has 41 heavy (non-hydrogen) atoms. The van der Waals surface area contributed by atoms with Gasteiger partial charge in [0.2, 0.25) is 5.91 Å². The number of primary amides is 1. The number of benzene rings is 3. The number of nitrogen functional groups attached to an aromatic ring is 1. The third-order valence-corrected chi connectivity index (χ3v) is 7.38. The predicted molar refractivity (Wildman–Crippen MR) is 158 cm³/mol. The lowest BCUT2D eigenvalue weighted by atomic mass is 10.00. The lowest BCUT2D eigenvalue weighted by Crippen LogP contribution is -2.44. The van der Waals surface area contributed by atoms with E-state index >= 15 is 0 Å². The van der Waals surface area contributed by atoms with E-state index in [1.54, 1.807) is 24.3 Å². The number of nitrogens with two attached hydrogens (primary N) is 2. The Morgan fingerprint density at radius 2 is 1.68 bits per heavy atom. The first-order chi connectivity index (χ1) is 19.7. The summed E-state index contributed by atoms with van der Waals surface area (Å²) in [6.07, 6.45) is 0. The number of amides is 3. The van der Waals surface area contributed by atoms with E-state index in [0.29, 0.717) is 22.7 Å². The van der Waals surface area contributed by atoms with Crippen LogP contribution < -0.4 is 31.2 Å². The summed E-state index contributed by atoms with van der Waals surface area (Å²) in [5, 5.41) is 2.97. The van der Waals surface area contributed by atoms with Crippen LogP contribution in [0.4, 0.5) is 11.4 Å². The standard InChI is InChI=1S/C30H31N5O5S/c1-17-10-12-21(18(2)14-17)35(30(38)27-24(31)25(28(32)36)34-41-27)26(20-11-13-22(39-3)23(15-20)40-4)29(37)33-16-19-8-6-5-7-9-19/h5-15,26H,16,31H2,1-4H3,(H2,32,36)(H,33,37)/t26-/m0/s1. The van der Waals surface area contributed by atoms with Gasteiger partial charge in [-0.05, 0) is 60.3 Å². The number of aryl methyl sites for hydroxylation is 2. The van der Waals surface area contributed by atoms with Gasteiger partial charge in [-0.25, -0.2) is 0 Å². The first-order valence-electron chi connectivity index (χ1n) is 12.7. The topological polar surface area (TPSA) is 150 Å². The molecule has 4 rings (SSSR count). The molecule has 1 heterocycles. The van der Waals surface area contributed by atoms with Crippen LogP contribution in [0.25, 0.3) is 0 Å². The third kappa shape index (κ3) is 6.15. The largest absolute Gasteiger partial charge is 0.493 e. The average molecular weight is 574 g/mol. The Bertz CT molecular complexity index is 1590. The molecule has 1 atom stereocenters. The molecule has 0 fully saturated rings. The molecule has 0 spiro atoms. The van der Waals surface area contributed by atoms with Gasteiger partial charge in [0.05, 0.1) is 19.9 Å². The maximum absolute atomic E-state index is 14.3. The van der Waals surface area contributed by atoms with Gasteiger partial charge in [0.15, 0.2) is 17.2 Å². The molecular weight excluding hydrogens is 542 g/mol. The van der Waals surface area contributed by atoms with Gasteiger partial charge < -0.3 is 26.3 Å². The molecule has 3 aromatic carbocycles. The van der Waals surface area contributed by atoms with Gasteiger partial charge in [-0.3, -0.25) is 19.3 Å². The summed E-state index contributed by atoms with van der Waals surface area (Å²) in [6, 6.07) is 18.8. The lowest BCUT2D eigenvalue weighted by Gasteiger charge is -2.32. The maximum Gasteiger partial charge on any atom is 0.273 e. The number of anilines is 2. The minimum atomic E-state index is -1.18. The minimum Gasteiger partial charge on any atom is -0.493 e. The molecule has 1 aromatic heterocycles. The number of nitrogens with zero attached hydrogens (tertiary/aromatic N) is 2. The molecule has 0 aliphatic carbocycles. The molecule has 0 bridgehead atoms. The summed E-state index contributed by atoms with van der Waals surface area (Å²) in [6.45, 7) is 4.01. The van der Waals surface area contributed by atoms with Crippen LogP contribution in [0.2, 0.25) is 0 Å². The Morgan fingerprint density at radius 1 is 0.976 bits per heavy atom. The second-order valence-corrected chi connectivity index (χ2v) is 10.1. The molecule has 10 nitrogen and oxygen atoms in total. The summed E-state index contributed by atoms with van der Waals surface area (Å²) in [7, 11) is 3.00. The molecule has 0 saturated carbocycles. The molecule has 0 radical (unpaired) electrons. The number of ether oxygens (including phenoxy) is 2. The zero-order valence-corrected chi connectivity index (χ0v) is 24.0. The SMILES string of the molecule is COc1ccc([C@@H](C(=O)NCc2ccccc2)N(C(=O)c2snc(C(N)=O)c2N)c2ccc(C)cc2C)cc1OC. The van der Waals surface area contributed by atoms with E-state index in [0.717, 1.165) is 28.2 Å². The van der Waals surface area contributed by atoms with Crippen LogP contribution in [-0.4, -0.2) is 36.3 Å². The molecule has 4 aromatic rings. The number of hydrogen-bond acceptors (Lipinski definition) is 8. The fraction of sp³-hybridized carbons (Fsp3) is 0.200. The summed E-state index contributed by atoms with van der Waals surface area (Å²) in [5.41, 5.74) is 14.8. The van der Waals surface area contributed by atoms with Crippen molar-refractivity contribution >= 4 is 40.6 Å². The molecule has 5 N–H and O–H groups in total. The van der Waals surface area contributed by atoms with Crippen molar-refractivity contribution in [1.82, 2.24) is 9.69 Å². The zero-order valence-electron chi connectivity index (χ0n) is 23.1. The normalized spacial score (nSPS) is 11.4. The Hall–Kier alpha value is -4.90. The summed E-state index contributed by atoms with van der Waals surface area (Å²) in [4.78, 5) is 41.7. The van der Waals surface area contributed by atoms with Gasteiger partial charge in [-0.1, -0.05) is 54.1 Å². The monoisotopic (exact) mass is 573 g/mol. The Morgan fingerprint density at radius 3 is 2.29 bits per heavy atom. The van der Waals surface area contributed by atoms with E-state index < -0.39 is 23.8 Å². The molecule has 3 amide bonds. The fourth-order valence-corrected chi connectivity index (χ4v) is 5.24. The van der Waals surface area contributed by atoms with Crippen LogP contribution in [-0.2, 0) is 11.3 Å². The van der Waals surface area contributed by atoms with Gasteiger partial charge >= 0.3 is 0 Å². The second-order valence-electron chi connectivity index (χ2n) is 9.32. The first kappa shape index (κ1) is 29.1. The van der Waals surface area contributed by atoms with Crippen molar-refractivity contribution < 1.29 is 23.9 Å². The van der Waals surface area contributed by atoms with E-state index in [9.17, 15) is 14.4 Å². The number of rotatable bonds is 10. The smallest absolute Gasteiger partial charge is 0.273 e. The van der Waals surface area contributed by atoms with Crippen molar-refractivity contribution in [1.29, 1.82) is 0 Å². The van der Waals surface area contributed by atoms with Crippen LogP contribution >= 0.6 is 11.5 Å². The van der Waals surface area contributed by atoms with Crippen molar-refractivity contribution in [2.45, 2.75) is 26.4 Å². The van der Waals surface area contributed by atoms with E-state index in [1.807, 2.05) is 56.3 Å². The summed E-state index contributed by atoms with van der Waals surface area (Å²) < 4.78 is 14.9. The highest BCUT2D eigenvalue weighted by Gasteiger charge is 2.37. The van der Waals surface area contributed by atoms with E-state index in [4.69, 9.17) is 20.9 Å². The average Bonchev–Trinajstić information content (AvgIpc) is 3.36. The number of aromatic nitrogens is 1. The van der Waals surface area contributed by atoms with Gasteiger partial charge in [0.25, 0.3) is 11.8 Å². The zero-order chi connectivity index (χ0) is 29.7. The third-order valence-electron chi connectivity index (χ3n) is 6.53. The number of nitrogens with one attached hydrogen (secondary N) is 1. The molecule has 0 aliphatic rings. The summed E-state index contributed by atoms with van der Waals surface area (Å²) in [5.74, 6) is -1.08. The highest BCUT2D eigenvalue weighted by molar-refractivity contribution is 7.09. The predicted octanol–water partition coefficient (Wildman–Crippen LogP) is 4.16. The Balaban J connectivity index is 1.91. The highest BCUT2D eigenvalue weighted by atomic mass is 32.1. The molecule has 11 heteroatoms. The number of methoxy groups -OCH3 is 2. The summed E-state index contributed by atoms with van der Waals surface area (Å²) >= 11 is 0.749. The lowest BCUT2D eigenvalue weighted by molar-refractivity contribution is -0.122. The number of hydrogen-bond donors (Lipinski definition) is 3. The molecular formula is C30H31N5O5S. The molecule has 0 saturated heterocycles. The molecule has 212 valence electrons. The van der Waals surface area contributed by atoms with Crippen molar-refractivity contribution in [2.24, 2.45) is 5.73 Å². The quantitative estimate of drug-likeness (QED) is 0.258. The van der Waals surface area contributed by atoms with Crippen molar-refractivity contribution in [2.75, 3.05) is 24.9 Å². The first-order valence-corrected chi connectivity index (χ1v) is 13.4. The van der Waals surface area contributed by atoms with Gasteiger partial charge in [-0.15, -0.1) is 0 Å². The van der Waals surface area contributed by atoms with Crippen molar-refractivity contribution in [3.05, 3.63) is 99.6 Å². The maximum atomic E-state index is 14.3. The fourth-order valence-electron chi connectivity index (χ4n) is 4.50. The number of carbonyl (C=O) groups is 3. The van der Waals surface area contributed by atoms with Crippen molar-refractivity contribution in [3.63, 3.8) is 0 Å². The van der Waals surface area contributed by atoms with Crippen molar-refractivity contribution in [3.8, 4) is 11.5 Å². The van der Waals surface area contributed by atoms with E-state index in [2.05, 4.69) is 9.69 Å². The molecule has 0 aliphatic heterocycles. The minimum absolute atomic E-state index is 0.0138. The van der Waals surface area contributed by atoms with Gasteiger partial charge in [-0.2, -0.15) is 4.37 Å². The Kier molecular flexibility index (Phi) is 8.88. The van der Waals surface area contributed by atoms with E-state index in [-0.39, 0.29) is 22.8 Å². The van der Waals surface area contributed by atoms with E-state index in [1.165, 1.54) is 19.1 Å². The highest BCUT2D eigenvalue weighted by Crippen LogP contribution is 2.38. The van der Waals surface area contributed by atoms with Gasteiger partial charge in [0, 0.05) is 12.2 Å². The van der Waals surface area contributed by atoms with Gasteiger partial charge in [0.1, 0.15) is 10.9 Å². The second kappa shape index (κ2) is 12.5. The van der Waals surface area contributed by atoms with Crippen LogP contribution in [0.15, 0.2) is 66.7 Å².